The van der Waals surface area contributed by atoms with Crippen LogP contribution in [-0.4, -0.2) is 50.5 Å². The Kier molecular flexibility index (Phi) is 7.17. The van der Waals surface area contributed by atoms with Gasteiger partial charge in [0.15, 0.2) is 0 Å². The highest BCUT2D eigenvalue weighted by Gasteiger charge is 2.62. The van der Waals surface area contributed by atoms with Gasteiger partial charge in [-0.25, -0.2) is 4.98 Å². The van der Waals surface area contributed by atoms with Gasteiger partial charge in [-0.2, -0.15) is 18.4 Å². The number of hydrogen-bond donors (Lipinski definition) is 2. The van der Waals surface area contributed by atoms with Crippen LogP contribution in [0.3, 0.4) is 0 Å². The predicted molar refractivity (Wildman–Crippen MR) is 163 cm³/mol. The van der Waals surface area contributed by atoms with E-state index in [1.807, 2.05) is 24.6 Å². The number of anilines is 2. The molecule has 7 rings (SSSR count). The second-order valence-electron chi connectivity index (χ2n) is 14.0. The van der Waals surface area contributed by atoms with Gasteiger partial charge < -0.3 is 19.9 Å². The second kappa shape index (κ2) is 10.8. The highest BCUT2D eigenvalue weighted by molar-refractivity contribution is 6.10. The molecule has 1 amide bonds. The maximum absolute atomic E-state index is 14.5. The number of nitrogens with zero attached hydrogens (tertiary/aromatic N) is 6. The Hall–Kier alpha value is -4.02. The van der Waals surface area contributed by atoms with Crippen LogP contribution in [0.4, 0.5) is 24.8 Å². The minimum absolute atomic E-state index is 0.0133. The zero-order chi connectivity index (χ0) is 32.5. The molecule has 3 aromatic rings. The maximum Gasteiger partial charge on any atom is 0.416 e. The summed E-state index contributed by atoms with van der Waals surface area (Å²) in [6.45, 7) is 5.19. The van der Waals surface area contributed by atoms with Gasteiger partial charge in [0.2, 0.25) is 0 Å². The molecule has 2 aliphatic heterocycles. The van der Waals surface area contributed by atoms with E-state index in [0.717, 1.165) is 43.5 Å². The number of hydrogen-bond acceptors (Lipinski definition) is 8. The van der Waals surface area contributed by atoms with E-state index in [1.54, 1.807) is 18.5 Å². The Morgan fingerprint density at radius 3 is 2.52 bits per heavy atom. The fraction of sp³-hybridized carbons (Fsp3) is 0.545. The lowest BCUT2D eigenvalue weighted by molar-refractivity contribution is -0.182. The monoisotopic (exact) mass is 634 g/mol. The van der Waals surface area contributed by atoms with Crippen molar-refractivity contribution < 1.29 is 22.7 Å². The first-order chi connectivity index (χ1) is 21.8. The first-order valence-electron chi connectivity index (χ1n) is 15.7. The zero-order valence-electron chi connectivity index (χ0n) is 26.2. The van der Waals surface area contributed by atoms with Crippen LogP contribution in [0, 0.1) is 16.7 Å². The minimum Gasteiger partial charge on any atom is -0.380 e. The molecular formula is C33H37F3N8O2. The lowest BCUT2D eigenvalue weighted by Crippen LogP contribution is -2.60. The topological polar surface area (TPSA) is 121 Å². The number of amides is 1. The molecule has 2 N–H and O–H groups in total. The summed E-state index contributed by atoms with van der Waals surface area (Å²) in [7, 11) is 1.88. The van der Waals surface area contributed by atoms with E-state index in [4.69, 9.17) is 9.72 Å². The van der Waals surface area contributed by atoms with Gasteiger partial charge in [0.1, 0.15) is 23.8 Å². The van der Waals surface area contributed by atoms with Crippen LogP contribution in [-0.2, 0) is 36.5 Å². The molecule has 3 fully saturated rings. The summed E-state index contributed by atoms with van der Waals surface area (Å²) in [5.74, 6) is 0.905. The minimum atomic E-state index is -4.63. The summed E-state index contributed by atoms with van der Waals surface area (Å²) < 4.78 is 50.8. The van der Waals surface area contributed by atoms with Crippen molar-refractivity contribution in [2.75, 3.05) is 23.4 Å². The molecule has 1 unspecified atom stereocenters. The molecular weight excluding hydrogens is 597 g/mol. The summed E-state index contributed by atoms with van der Waals surface area (Å²) in [4.78, 5) is 20.1. The third-order valence-corrected chi connectivity index (χ3v) is 10.3. The van der Waals surface area contributed by atoms with Crippen molar-refractivity contribution >= 4 is 17.5 Å². The second-order valence-corrected chi connectivity index (χ2v) is 14.0. The van der Waals surface area contributed by atoms with E-state index in [1.165, 1.54) is 11.0 Å². The van der Waals surface area contributed by atoms with Gasteiger partial charge in [-0.15, -0.1) is 10.2 Å². The standard InChI is InChI=1S/C33H37F3N8O2/c1-20(5-8-37)40-26-11-22(32(29-42-39-19-43(29)3)15-31(16-32)17-46-18-31)12-27(41-26)44-14-24-23(28(44)45)9-21(10-25(24)33(34,35)36)13-38-30(2)6-4-7-30/h9-12,19-20,38H,4-7,13-18H2,1-3H3,(H,40,41). The molecule has 10 nitrogen and oxygen atoms in total. The van der Waals surface area contributed by atoms with Crippen molar-refractivity contribution in [1.29, 1.82) is 5.26 Å². The number of nitrogens with one attached hydrogen (secondary N) is 2. The van der Waals surface area contributed by atoms with Gasteiger partial charge in [-0.3, -0.25) is 9.69 Å². The summed E-state index contributed by atoms with van der Waals surface area (Å²) in [6.07, 6.45) is 1.72. The summed E-state index contributed by atoms with van der Waals surface area (Å²) in [6, 6.07) is 8.36. The van der Waals surface area contributed by atoms with Crippen LogP contribution in [0.15, 0.2) is 30.6 Å². The average molecular weight is 635 g/mol. The zero-order valence-corrected chi connectivity index (χ0v) is 26.2. The number of rotatable bonds is 9. The molecule has 0 bridgehead atoms. The number of halogens is 3. The number of benzene rings is 1. The van der Waals surface area contributed by atoms with Crippen LogP contribution in [0.2, 0.25) is 0 Å². The average Bonchev–Trinajstić information content (AvgIpc) is 3.52. The molecule has 1 atom stereocenters. The first-order valence-corrected chi connectivity index (χ1v) is 15.7. The number of fused-ring (bicyclic) bond motifs is 1. The molecule has 1 saturated heterocycles. The number of pyridine rings is 1. The van der Waals surface area contributed by atoms with Crippen molar-refractivity contribution in [2.24, 2.45) is 12.5 Å². The van der Waals surface area contributed by atoms with Crippen molar-refractivity contribution in [3.8, 4) is 6.07 Å². The lowest BCUT2D eigenvalue weighted by atomic mass is 9.49. The molecule has 4 aliphatic rings. The Bertz CT molecular complexity index is 1730. The van der Waals surface area contributed by atoms with Crippen LogP contribution < -0.4 is 15.5 Å². The molecule has 2 aromatic heterocycles. The molecule has 4 heterocycles. The largest absolute Gasteiger partial charge is 0.416 e. The van der Waals surface area contributed by atoms with Crippen molar-refractivity contribution in [3.63, 3.8) is 0 Å². The number of aromatic nitrogens is 4. The smallest absolute Gasteiger partial charge is 0.380 e. The molecule has 242 valence electrons. The fourth-order valence-electron chi connectivity index (χ4n) is 7.68. The van der Waals surface area contributed by atoms with Gasteiger partial charge >= 0.3 is 6.18 Å². The van der Waals surface area contributed by atoms with Crippen LogP contribution >= 0.6 is 0 Å². The van der Waals surface area contributed by atoms with E-state index < -0.39 is 23.1 Å². The Balaban J connectivity index is 1.29. The fourth-order valence-corrected chi connectivity index (χ4v) is 7.68. The van der Waals surface area contributed by atoms with E-state index in [9.17, 15) is 23.2 Å². The van der Waals surface area contributed by atoms with Crippen molar-refractivity contribution in [3.05, 3.63) is 64.2 Å². The van der Waals surface area contributed by atoms with E-state index >= 15 is 0 Å². The van der Waals surface area contributed by atoms with Crippen molar-refractivity contribution in [2.45, 2.75) is 88.6 Å². The van der Waals surface area contributed by atoms with Gasteiger partial charge in [-0.1, -0.05) is 0 Å². The number of carbonyl (C=O) groups excluding carboxylic acids is 1. The third-order valence-electron chi connectivity index (χ3n) is 10.3. The highest BCUT2D eigenvalue weighted by Crippen LogP contribution is 2.62. The quantitative estimate of drug-likeness (QED) is 0.328. The first kappa shape index (κ1) is 30.6. The number of carbonyl (C=O) groups is 1. The van der Waals surface area contributed by atoms with Crippen LogP contribution in [0.5, 0.6) is 0 Å². The summed E-state index contributed by atoms with van der Waals surface area (Å²) in [5, 5.41) is 24.6. The number of nitriles is 1. The molecule has 2 aliphatic carbocycles. The van der Waals surface area contributed by atoms with Crippen LogP contribution in [0.25, 0.3) is 0 Å². The van der Waals surface area contributed by atoms with E-state index in [-0.39, 0.29) is 53.5 Å². The van der Waals surface area contributed by atoms with Gasteiger partial charge in [0, 0.05) is 36.2 Å². The molecule has 1 aromatic carbocycles. The van der Waals surface area contributed by atoms with E-state index in [2.05, 4.69) is 33.8 Å². The van der Waals surface area contributed by atoms with Gasteiger partial charge in [0.05, 0.1) is 43.2 Å². The summed E-state index contributed by atoms with van der Waals surface area (Å²) in [5.41, 5.74) is -0.202. The normalized spacial score (nSPS) is 21.2. The van der Waals surface area contributed by atoms with Crippen LogP contribution in [0.1, 0.15) is 90.8 Å². The Morgan fingerprint density at radius 2 is 1.93 bits per heavy atom. The van der Waals surface area contributed by atoms with E-state index in [0.29, 0.717) is 24.6 Å². The molecule has 13 heteroatoms. The molecule has 2 saturated carbocycles. The predicted octanol–water partition coefficient (Wildman–Crippen LogP) is 5.23. The van der Waals surface area contributed by atoms with Gasteiger partial charge in [0.25, 0.3) is 5.91 Å². The SMILES string of the molecule is CC(CC#N)Nc1cc(C2(c3nncn3C)CC3(COC3)C2)cc(N2Cc3c(cc(CNC4(C)CCC4)cc3C(F)(F)F)C2=O)n1. The highest BCUT2D eigenvalue weighted by atomic mass is 19.4. The number of alkyl halides is 3. The third kappa shape index (κ3) is 5.11. The van der Waals surface area contributed by atoms with Gasteiger partial charge in [-0.05, 0) is 86.9 Å². The lowest BCUT2D eigenvalue weighted by Gasteiger charge is -2.59. The van der Waals surface area contributed by atoms with Crippen molar-refractivity contribution in [1.82, 2.24) is 25.1 Å². The molecule has 0 radical (unpaired) electrons. The Labute approximate surface area is 265 Å². The molecule has 1 spiro atoms. The summed E-state index contributed by atoms with van der Waals surface area (Å²) >= 11 is 0. The Morgan fingerprint density at radius 1 is 1.17 bits per heavy atom. The number of ether oxygens (including phenoxy) is 1. The number of aryl methyl sites for hydroxylation is 1. The molecule has 46 heavy (non-hydrogen) atoms. The maximum atomic E-state index is 14.5.